The summed E-state index contributed by atoms with van der Waals surface area (Å²) in [5.41, 5.74) is 5.72. The minimum absolute atomic E-state index is 0.201. The molecule has 0 aliphatic carbocycles. The van der Waals surface area contributed by atoms with Crippen molar-refractivity contribution in [1.82, 2.24) is 4.90 Å². The zero-order chi connectivity index (χ0) is 12.2. The van der Waals surface area contributed by atoms with Crippen LogP contribution in [0.4, 0.5) is 0 Å². The Morgan fingerprint density at radius 2 is 2.19 bits per heavy atom. The molecule has 0 spiro atoms. The van der Waals surface area contributed by atoms with Gasteiger partial charge in [0, 0.05) is 36.4 Å². The molecular formula is C10H22N2O2S2. The van der Waals surface area contributed by atoms with Gasteiger partial charge in [0.25, 0.3) is 0 Å². The summed E-state index contributed by atoms with van der Waals surface area (Å²) in [6, 6.07) is 0.201. The molecule has 0 bridgehead atoms. The molecule has 2 unspecified atom stereocenters. The van der Waals surface area contributed by atoms with Crippen LogP contribution in [0.2, 0.25) is 0 Å². The van der Waals surface area contributed by atoms with Crippen LogP contribution in [0.15, 0.2) is 0 Å². The fraction of sp³-hybridized carbons (Fsp3) is 1.00. The molecule has 2 atom stereocenters. The molecule has 1 fully saturated rings. The van der Waals surface area contributed by atoms with E-state index in [1.807, 2.05) is 0 Å². The maximum atomic E-state index is 12.0. The van der Waals surface area contributed by atoms with Crippen molar-refractivity contribution in [3.8, 4) is 0 Å². The topological polar surface area (TPSA) is 63.4 Å². The van der Waals surface area contributed by atoms with Crippen molar-refractivity contribution in [2.45, 2.75) is 31.7 Å². The van der Waals surface area contributed by atoms with E-state index in [1.54, 1.807) is 18.7 Å². The van der Waals surface area contributed by atoms with E-state index in [9.17, 15) is 8.42 Å². The van der Waals surface area contributed by atoms with E-state index in [2.05, 4.69) is 11.8 Å². The average Bonchev–Trinajstić information content (AvgIpc) is 2.31. The molecule has 96 valence electrons. The second kappa shape index (κ2) is 6.23. The van der Waals surface area contributed by atoms with Crippen LogP contribution >= 0.6 is 11.8 Å². The highest BCUT2D eigenvalue weighted by atomic mass is 32.2. The van der Waals surface area contributed by atoms with E-state index in [4.69, 9.17) is 5.73 Å². The molecule has 1 aliphatic heterocycles. The largest absolute Gasteiger partial charge is 0.329 e. The van der Waals surface area contributed by atoms with E-state index in [0.717, 1.165) is 18.7 Å². The van der Waals surface area contributed by atoms with Crippen molar-refractivity contribution in [2.24, 2.45) is 5.73 Å². The summed E-state index contributed by atoms with van der Waals surface area (Å²) in [5, 5.41) is -0.329. The van der Waals surface area contributed by atoms with Crippen molar-refractivity contribution in [3.63, 3.8) is 0 Å². The maximum absolute atomic E-state index is 12.0. The third-order valence-electron chi connectivity index (χ3n) is 3.15. The minimum Gasteiger partial charge on any atom is -0.329 e. The van der Waals surface area contributed by atoms with Crippen molar-refractivity contribution >= 4 is 21.6 Å². The summed E-state index contributed by atoms with van der Waals surface area (Å²) in [6.07, 6.45) is 0.914. The molecule has 1 rings (SSSR count). The van der Waals surface area contributed by atoms with Crippen LogP contribution in [0.25, 0.3) is 0 Å². The normalized spacial score (nSPS) is 25.6. The third kappa shape index (κ3) is 3.12. The highest BCUT2D eigenvalue weighted by Gasteiger charge is 2.35. The van der Waals surface area contributed by atoms with Crippen LogP contribution in [0, 0.1) is 0 Å². The molecule has 16 heavy (non-hydrogen) atoms. The Morgan fingerprint density at radius 1 is 1.50 bits per heavy atom. The molecule has 0 aromatic rings. The van der Waals surface area contributed by atoms with Crippen molar-refractivity contribution in [2.75, 3.05) is 30.3 Å². The monoisotopic (exact) mass is 266 g/mol. The Balaban J connectivity index is 2.86. The predicted molar refractivity (Wildman–Crippen MR) is 70.4 cm³/mol. The zero-order valence-electron chi connectivity index (χ0n) is 10.1. The van der Waals surface area contributed by atoms with Crippen LogP contribution in [-0.2, 0) is 9.84 Å². The maximum Gasteiger partial charge on any atom is 0.166 e. The van der Waals surface area contributed by atoms with Crippen molar-refractivity contribution in [1.29, 1.82) is 0 Å². The van der Waals surface area contributed by atoms with Gasteiger partial charge in [-0.15, -0.1) is 0 Å². The molecule has 4 nitrogen and oxygen atoms in total. The first-order valence-electron chi connectivity index (χ1n) is 5.81. The molecule has 0 saturated carbocycles. The molecule has 1 saturated heterocycles. The first-order valence-corrected chi connectivity index (χ1v) is 8.69. The van der Waals surface area contributed by atoms with E-state index in [0.29, 0.717) is 12.3 Å². The molecule has 1 heterocycles. The Morgan fingerprint density at radius 3 is 2.69 bits per heavy atom. The molecule has 0 radical (unpaired) electrons. The smallest absolute Gasteiger partial charge is 0.166 e. The summed E-state index contributed by atoms with van der Waals surface area (Å²) < 4.78 is 24.0. The van der Waals surface area contributed by atoms with Gasteiger partial charge in [-0.2, -0.15) is 11.8 Å². The van der Waals surface area contributed by atoms with Gasteiger partial charge < -0.3 is 5.73 Å². The van der Waals surface area contributed by atoms with Gasteiger partial charge >= 0.3 is 0 Å². The summed E-state index contributed by atoms with van der Waals surface area (Å²) >= 11 is 1.73. The molecule has 2 N–H and O–H groups in total. The Kier molecular flexibility index (Phi) is 5.56. The summed E-state index contributed by atoms with van der Waals surface area (Å²) in [7, 11) is -2.99. The van der Waals surface area contributed by atoms with E-state index in [-0.39, 0.29) is 17.2 Å². The molecule has 0 aromatic carbocycles. The predicted octanol–water partition coefficient (Wildman–Crippen LogP) is 0.533. The lowest BCUT2D eigenvalue weighted by molar-refractivity contribution is 0.191. The van der Waals surface area contributed by atoms with Crippen molar-refractivity contribution in [3.05, 3.63) is 0 Å². The van der Waals surface area contributed by atoms with Gasteiger partial charge in [0.15, 0.2) is 9.84 Å². The van der Waals surface area contributed by atoms with Crippen LogP contribution in [0.5, 0.6) is 0 Å². The van der Waals surface area contributed by atoms with Crippen LogP contribution < -0.4 is 5.73 Å². The highest BCUT2D eigenvalue weighted by Crippen LogP contribution is 2.24. The number of nitrogens with two attached hydrogens (primary N) is 1. The van der Waals surface area contributed by atoms with Gasteiger partial charge in [-0.05, 0) is 6.42 Å². The van der Waals surface area contributed by atoms with Crippen LogP contribution in [0.1, 0.15) is 20.3 Å². The Labute approximate surface area is 103 Å². The van der Waals surface area contributed by atoms with Gasteiger partial charge in [-0.3, -0.25) is 4.90 Å². The molecule has 0 amide bonds. The molecular weight excluding hydrogens is 244 g/mol. The van der Waals surface area contributed by atoms with E-state index < -0.39 is 9.84 Å². The number of hydrogen-bond acceptors (Lipinski definition) is 5. The second-order valence-electron chi connectivity index (χ2n) is 4.02. The number of thioether (sulfide) groups is 1. The number of hydrogen-bond donors (Lipinski definition) is 1. The number of nitrogens with zero attached hydrogens (tertiary/aromatic N) is 1. The minimum atomic E-state index is -2.99. The van der Waals surface area contributed by atoms with E-state index >= 15 is 0 Å². The van der Waals surface area contributed by atoms with Gasteiger partial charge in [-0.25, -0.2) is 8.42 Å². The van der Waals surface area contributed by atoms with Crippen LogP contribution in [0.3, 0.4) is 0 Å². The lowest BCUT2D eigenvalue weighted by Crippen LogP contribution is -2.54. The summed E-state index contributed by atoms with van der Waals surface area (Å²) in [6.45, 7) is 5.16. The zero-order valence-corrected chi connectivity index (χ0v) is 11.7. The number of rotatable bonds is 5. The third-order valence-corrected chi connectivity index (χ3v) is 6.46. The molecule has 0 aromatic heterocycles. The Bertz CT molecular complexity index is 302. The highest BCUT2D eigenvalue weighted by molar-refractivity contribution is 8.01. The SMILES string of the molecule is CCC(CN)N1CCSCC1S(=O)(=O)CC. The first kappa shape index (κ1) is 14.3. The second-order valence-corrected chi connectivity index (χ2v) is 7.61. The molecule has 1 aliphatic rings. The van der Waals surface area contributed by atoms with Crippen molar-refractivity contribution < 1.29 is 8.42 Å². The standard InChI is InChI=1S/C10H22N2O2S2/c1-3-9(7-11)12-5-6-15-8-10(12)16(13,14)4-2/h9-10H,3-8,11H2,1-2H3. The summed E-state index contributed by atoms with van der Waals surface area (Å²) in [4.78, 5) is 2.09. The number of sulfone groups is 1. The van der Waals surface area contributed by atoms with E-state index in [1.165, 1.54) is 0 Å². The van der Waals surface area contributed by atoms with Gasteiger partial charge in [-0.1, -0.05) is 13.8 Å². The first-order chi connectivity index (χ1) is 7.56. The van der Waals surface area contributed by atoms with Crippen LogP contribution in [-0.4, -0.2) is 55.1 Å². The Hall–Kier alpha value is 0.220. The average molecular weight is 266 g/mol. The lowest BCUT2D eigenvalue weighted by Gasteiger charge is -2.39. The van der Waals surface area contributed by atoms with Gasteiger partial charge in [0.2, 0.25) is 0 Å². The van der Waals surface area contributed by atoms with Gasteiger partial charge in [0.1, 0.15) is 5.37 Å². The fourth-order valence-electron chi connectivity index (χ4n) is 2.05. The fourth-order valence-corrected chi connectivity index (χ4v) is 5.14. The molecule has 6 heteroatoms. The quantitative estimate of drug-likeness (QED) is 0.786. The lowest BCUT2D eigenvalue weighted by atomic mass is 10.2. The summed E-state index contributed by atoms with van der Waals surface area (Å²) in [5.74, 6) is 1.91. The van der Waals surface area contributed by atoms with Gasteiger partial charge in [0.05, 0.1) is 0 Å².